The van der Waals surface area contributed by atoms with Gasteiger partial charge in [-0.15, -0.1) is 0 Å². The molecule has 0 saturated carbocycles. The highest BCUT2D eigenvalue weighted by molar-refractivity contribution is 5.38. The fourth-order valence-electron chi connectivity index (χ4n) is 1.58. The molecule has 1 rings (SSSR count). The quantitative estimate of drug-likeness (QED) is 0.698. The molecule has 1 aromatic rings. The zero-order chi connectivity index (χ0) is 14.8. The third-order valence-corrected chi connectivity index (χ3v) is 2.60. The van der Waals surface area contributed by atoms with Gasteiger partial charge in [-0.25, -0.2) is 0 Å². The molecular weight excluding hydrogens is 258 g/mol. The molecule has 0 aliphatic heterocycles. The number of hydrogen-bond acceptors (Lipinski definition) is 7. The molecule has 0 aromatic carbocycles. The van der Waals surface area contributed by atoms with Gasteiger partial charge in [-0.3, -0.25) is 0 Å². The minimum atomic E-state index is 0.365. The topological polar surface area (TPSA) is 72.4 Å². The number of nitrogens with zero attached hydrogens (tertiary/aromatic N) is 4. The van der Waals surface area contributed by atoms with E-state index >= 15 is 0 Å². The van der Waals surface area contributed by atoms with Crippen LogP contribution in [0, 0.1) is 0 Å². The zero-order valence-corrected chi connectivity index (χ0v) is 12.8. The van der Waals surface area contributed by atoms with E-state index in [1.165, 1.54) is 0 Å². The van der Waals surface area contributed by atoms with Crippen LogP contribution in [-0.4, -0.2) is 54.9 Å². The van der Waals surface area contributed by atoms with Crippen LogP contribution >= 0.6 is 0 Å². The van der Waals surface area contributed by atoms with Crippen molar-refractivity contribution in [3.8, 4) is 6.01 Å². The lowest BCUT2D eigenvalue weighted by atomic mass is 10.5. The average molecular weight is 283 g/mol. The van der Waals surface area contributed by atoms with Gasteiger partial charge >= 0.3 is 6.01 Å². The number of methoxy groups -OCH3 is 1. The van der Waals surface area contributed by atoms with Crippen molar-refractivity contribution in [2.45, 2.75) is 27.2 Å². The Balaban J connectivity index is 2.92. The first-order valence-electron chi connectivity index (χ1n) is 7.11. The van der Waals surface area contributed by atoms with E-state index in [9.17, 15) is 0 Å². The first-order chi connectivity index (χ1) is 9.74. The van der Waals surface area contributed by atoms with Crippen LogP contribution < -0.4 is 15.0 Å². The Labute approximate surface area is 120 Å². The lowest BCUT2D eigenvalue weighted by molar-refractivity contribution is 0.205. The molecule has 0 aliphatic carbocycles. The molecule has 0 atom stereocenters. The van der Waals surface area contributed by atoms with Gasteiger partial charge in [0.15, 0.2) is 0 Å². The summed E-state index contributed by atoms with van der Waals surface area (Å²) in [5, 5.41) is 3.10. The van der Waals surface area contributed by atoms with Crippen molar-refractivity contribution >= 4 is 11.9 Å². The standard InChI is InChI=1S/C13H25N5O2/c1-5-9-20-13-16-11(14-6-2)15-12(17-13)18(7-3)8-10-19-4/h5-10H2,1-4H3,(H,14,15,16,17). The number of anilines is 2. The normalized spacial score (nSPS) is 10.4. The second-order valence-electron chi connectivity index (χ2n) is 4.19. The van der Waals surface area contributed by atoms with Gasteiger partial charge < -0.3 is 19.7 Å². The summed E-state index contributed by atoms with van der Waals surface area (Å²) < 4.78 is 10.6. The Morgan fingerprint density at radius 2 is 1.90 bits per heavy atom. The summed E-state index contributed by atoms with van der Waals surface area (Å²) in [5.41, 5.74) is 0. The summed E-state index contributed by atoms with van der Waals surface area (Å²) >= 11 is 0. The maximum atomic E-state index is 5.52. The van der Waals surface area contributed by atoms with E-state index < -0.39 is 0 Å². The van der Waals surface area contributed by atoms with Crippen molar-refractivity contribution < 1.29 is 9.47 Å². The largest absolute Gasteiger partial charge is 0.463 e. The highest BCUT2D eigenvalue weighted by Crippen LogP contribution is 2.15. The summed E-state index contributed by atoms with van der Waals surface area (Å²) in [6.07, 6.45) is 0.915. The predicted octanol–water partition coefficient (Wildman–Crippen LogP) is 1.56. The van der Waals surface area contributed by atoms with E-state index in [2.05, 4.69) is 27.2 Å². The van der Waals surface area contributed by atoms with E-state index in [1.807, 2.05) is 18.7 Å². The number of aromatic nitrogens is 3. The second-order valence-corrected chi connectivity index (χ2v) is 4.19. The molecule has 0 fully saturated rings. The zero-order valence-electron chi connectivity index (χ0n) is 12.8. The van der Waals surface area contributed by atoms with Crippen molar-refractivity contribution in [1.82, 2.24) is 15.0 Å². The van der Waals surface area contributed by atoms with Gasteiger partial charge in [-0.2, -0.15) is 15.0 Å². The van der Waals surface area contributed by atoms with Crippen LogP contribution in [0.5, 0.6) is 6.01 Å². The Bertz CT molecular complexity index is 389. The van der Waals surface area contributed by atoms with E-state index in [-0.39, 0.29) is 0 Å². The number of likely N-dealkylation sites (N-methyl/N-ethyl adjacent to an activating group) is 1. The van der Waals surface area contributed by atoms with Crippen molar-refractivity contribution in [2.75, 3.05) is 50.2 Å². The van der Waals surface area contributed by atoms with Crippen LogP contribution in [0.3, 0.4) is 0 Å². The summed E-state index contributed by atoms with van der Waals surface area (Å²) in [4.78, 5) is 15.1. The fourth-order valence-corrected chi connectivity index (χ4v) is 1.58. The van der Waals surface area contributed by atoms with E-state index in [0.29, 0.717) is 31.1 Å². The van der Waals surface area contributed by atoms with Crippen LogP contribution in [0.25, 0.3) is 0 Å². The number of nitrogens with one attached hydrogen (secondary N) is 1. The highest BCUT2D eigenvalue weighted by Gasteiger charge is 2.12. The maximum Gasteiger partial charge on any atom is 0.323 e. The summed E-state index contributed by atoms with van der Waals surface area (Å²) in [5.74, 6) is 1.15. The third-order valence-electron chi connectivity index (χ3n) is 2.60. The van der Waals surface area contributed by atoms with Gasteiger partial charge in [-0.05, 0) is 20.3 Å². The molecular formula is C13H25N5O2. The second kappa shape index (κ2) is 9.30. The predicted molar refractivity (Wildman–Crippen MR) is 79.5 cm³/mol. The Hall–Kier alpha value is -1.63. The minimum absolute atomic E-state index is 0.365. The summed E-state index contributed by atoms with van der Waals surface area (Å²) in [6, 6.07) is 0.365. The number of hydrogen-bond donors (Lipinski definition) is 1. The smallest absolute Gasteiger partial charge is 0.323 e. The van der Waals surface area contributed by atoms with Crippen molar-refractivity contribution in [3.05, 3.63) is 0 Å². The molecule has 0 aliphatic rings. The molecule has 7 nitrogen and oxygen atoms in total. The number of rotatable bonds is 10. The Kier molecular flexibility index (Phi) is 7.64. The van der Waals surface area contributed by atoms with Crippen molar-refractivity contribution in [1.29, 1.82) is 0 Å². The van der Waals surface area contributed by atoms with Crippen LogP contribution in [0.15, 0.2) is 0 Å². The van der Waals surface area contributed by atoms with Crippen LogP contribution in [-0.2, 0) is 4.74 Å². The van der Waals surface area contributed by atoms with E-state index in [0.717, 1.165) is 26.1 Å². The molecule has 1 heterocycles. The SMILES string of the molecule is CCCOc1nc(NCC)nc(N(CC)CCOC)n1. The Morgan fingerprint density at radius 1 is 1.10 bits per heavy atom. The lowest BCUT2D eigenvalue weighted by Crippen LogP contribution is -2.29. The average Bonchev–Trinajstić information content (AvgIpc) is 2.46. The molecule has 0 saturated heterocycles. The van der Waals surface area contributed by atoms with Gasteiger partial charge in [0.1, 0.15) is 0 Å². The maximum absolute atomic E-state index is 5.52. The van der Waals surface area contributed by atoms with Gasteiger partial charge in [0.05, 0.1) is 13.2 Å². The van der Waals surface area contributed by atoms with Gasteiger partial charge in [0, 0.05) is 26.7 Å². The molecule has 0 radical (unpaired) electrons. The molecule has 1 aromatic heterocycles. The molecule has 114 valence electrons. The molecule has 1 N–H and O–H groups in total. The molecule has 0 unspecified atom stereocenters. The van der Waals surface area contributed by atoms with Crippen molar-refractivity contribution in [3.63, 3.8) is 0 Å². The van der Waals surface area contributed by atoms with Gasteiger partial charge in [0.2, 0.25) is 11.9 Å². The van der Waals surface area contributed by atoms with E-state index in [1.54, 1.807) is 7.11 Å². The lowest BCUT2D eigenvalue weighted by Gasteiger charge is -2.21. The molecule has 7 heteroatoms. The summed E-state index contributed by atoms with van der Waals surface area (Å²) in [7, 11) is 1.68. The van der Waals surface area contributed by atoms with Gasteiger partial charge in [-0.1, -0.05) is 6.92 Å². The Morgan fingerprint density at radius 3 is 2.50 bits per heavy atom. The molecule has 0 spiro atoms. The minimum Gasteiger partial charge on any atom is -0.463 e. The highest BCUT2D eigenvalue weighted by atomic mass is 16.5. The number of ether oxygens (including phenoxy) is 2. The monoisotopic (exact) mass is 283 g/mol. The van der Waals surface area contributed by atoms with Crippen molar-refractivity contribution in [2.24, 2.45) is 0 Å². The van der Waals surface area contributed by atoms with Crippen LogP contribution in [0.2, 0.25) is 0 Å². The third kappa shape index (κ3) is 5.16. The molecule has 0 bridgehead atoms. The first-order valence-corrected chi connectivity index (χ1v) is 7.11. The summed E-state index contributed by atoms with van der Waals surface area (Å²) in [6.45, 7) is 9.60. The van der Waals surface area contributed by atoms with Crippen LogP contribution in [0.1, 0.15) is 27.2 Å². The molecule has 20 heavy (non-hydrogen) atoms. The molecule has 0 amide bonds. The van der Waals surface area contributed by atoms with E-state index in [4.69, 9.17) is 9.47 Å². The van der Waals surface area contributed by atoms with Crippen LogP contribution in [0.4, 0.5) is 11.9 Å². The first kappa shape index (κ1) is 16.4. The van der Waals surface area contributed by atoms with Gasteiger partial charge in [0.25, 0.3) is 0 Å². The fraction of sp³-hybridized carbons (Fsp3) is 0.769.